The molecule has 2 aromatic rings. The van der Waals surface area contributed by atoms with Gasteiger partial charge < -0.3 is 4.90 Å². The van der Waals surface area contributed by atoms with Gasteiger partial charge in [0.15, 0.2) is 0 Å². The Hall–Kier alpha value is -1.47. The highest BCUT2D eigenvalue weighted by Gasteiger charge is 2.14. The van der Waals surface area contributed by atoms with Crippen LogP contribution in [0.3, 0.4) is 0 Å². The number of aryl methyl sites for hydroxylation is 3. The van der Waals surface area contributed by atoms with Crippen LogP contribution in [0.2, 0.25) is 0 Å². The van der Waals surface area contributed by atoms with Crippen molar-refractivity contribution in [2.75, 3.05) is 18.0 Å². The van der Waals surface area contributed by atoms with Crippen molar-refractivity contribution < 1.29 is 0 Å². The smallest absolute Gasteiger partial charge is 0.0760 e. The summed E-state index contributed by atoms with van der Waals surface area (Å²) in [6, 6.07) is 15.1. The summed E-state index contributed by atoms with van der Waals surface area (Å²) in [4.78, 5) is 2.33. The van der Waals surface area contributed by atoms with E-state index in [2.05, 4.69) is 75.1 Å². The SMILES string of the molecule is CCN(CC(Cl)c1ccc(C)c(C)c1)c1cccc(C)c1. The largest absolute Gasteiger partial charge is 0.370 e. The van der Waals surface area contributed by atoms with E-state index in [1.165, 1.54) is 27.9 Å². The predicted octanol–water partition coefficient (Wildman–Crippen LogP) is 5.42. The Labute approximate surface area is 133 Å². The molecule has 1 atom stereocenters. The molecule has 2 heteroatoms. The van der Waals surface area contributed by atoms with Crippen molar-refractivity contribution in [1.82, 2.24) is 0 Å². The van der Waals surface area contributed by atoms with Crippen LogP contribution >= 0.6 is 11.6 Å². The van der Waals surface area contributed by atoms with E-state index in [-0.39, 0.29) is 5.38 Å². The number of anilines is 1. The van der Waals surface area contributed by atoms with Crippen molar-refractivity contribution in [2.45, 2.75) is 33.1 Å². The molecule has 0 aromatic heterocycles. The molecule has 0 amide bonds. The van der Waals surface area contributed by atoms with Gasteiger partial charge in [-0.1, -0.05) is 30.3 Å². The number of nitrogens with zero attached hydrogens (tertiary/aromatic N) is 1. The maximum atomic E-state index is 6.65. The zero-order valence-electron chi connectivity index (χ0n) is 13.4. The third kappa shape index (κ3) is 4.01. The molecule has 0 aliphatic rings. The molecular formula is C19H24ClN. The summed E-state index contributed by atoms with van der Waals surface area (Å²) in [5.41, 5.74) is 6.34. The van der Waals surface area contributed by atoms with E-state index in [1.807, 2.05) is 0 Å². The molecule has 2 aromatic carbocycles. The molecule has 0 N–H and O–H groups in total. The van der Waals surface area contributed by atoms with Crippen molar-refractivity contribution in [3.05, 3.63) is 64.7 Å². The van der Waals surface area contributed by atoms with E-state index in [0.717, 1.165) is 13.1 Å². The van der Waals surface area contributed by atoms with E-state index >= 15 is 0 Å². The zero-order chi connectivity index (χ0) is 15.4. The van der Waals surface area contributed by atoms with Gasteiger partial charge in [-0.3, -0.25) is 0 Å². The number of rotatable bonds is 5. The number of likely N-dealkylation sites (N-methyl/N-ethyl adjacent to an activating group) is 1. The summed E-state index contributed by atoms with van der Waals surface area (Å²) in [6.45, 7) is 10.3. The molecule has 0 aliphatic heterocycles. The molecule has 0 spiro atoms. The van der Waals surface area contributed by atoms with Gasteiger partial charge in [0.2, 0.25) is 0 Å². The lowest BCUT2D eigenvalue weighted by Crippen LogP contribution is -2.26. The van der Waals surface area contributed by atoms with Gasteiger partial charge in [0, 0.05) is 18.8 Å². The molecule has 0 heterocycles. The summed E-state index contributed by atoms with van der Waals surface area (Å²) in [7, 11) is 0. The minimum Gasteiger partial charge on any atom is -0.370 e. The second-order valence-corrected chi connectivity index (χ2v) is 6.22. The van der Waals surface area contributed by atoms with Gasteiger partial charge >= 0.3 is 0 Å². The van der Waals surface area contributed by atoms with E-state index < -0.39 is 0 Å². The Bertz CT molecular complexity index is 606. The fourth-order valence-corrected chi connectivity index (χ4v) is 2.80. The van der Waals surface area contributed by atoms with Crippen LogP contribution < -0.4 is 4.90 Å². The van der Waals surface area contributed by atoms with Gasteiger partial charge in [0.25, 0.3) is 0 Å². The van der Waals surface area contributed by atoms with Crippen LogP contribution in [0.1, 0.15) is 34.6 Å². The summed E-state index contributed by atoms with van der Waals surface area (Å²) in [5, 5.41) is 0.00441. The number of alkyl halides is 1. The molecular weight excluding hydrogens is 278 g/mol. The van der Waals surface area contributed by atoms with Crippen LogP contribution in [0.15, 0.2) is 42.5 Å². The molecule has 0 radical (unpaired) electrons. The van der Waals surface area contributed by atoms with E-state index in [1.54, 1.807) is 0 Å². The van der Waals surface area contributed by atoms with Crippen LogP contribution in [-0.2, 0) is 0 Å². The van der Waals surface area contributed by atoms with Crippen LogP contribution in [-0.4, -0.2) is 13.1 Å². The van der Waals surface area contributed by atoms with Crippen LogP contribution in [0, 0.1) is 20.8 Å². The third-order valence-electron chi connectivity index (χ3n) is 4.02. The highest BCUT2D eigenvalue weighted by molar-refractivity contribution is 6.21. The molecule has 0 fully saturated rings. The highest BCUT2D eigenvalue weighted by Crippen LogP contribution is 2.26. The third-order valence-corrected chi connectivity index (χ3v) is 4.41. The van der Waals surface area contributed by atoms with E-state index in [9.17, 15) is 0 Å². The fourth-order valence-electron chi connectivity index (χ4n) is 2.50. The minimum absolute atomic E-state index is 0.00441. The molecule has 0 bridgehead atoms. The maximum absolute atomic E-state index is 6.65. The first-order chi connectivity index (χ1) is 10.0. The molecule has 112 valence electrons. The average molecular weight is 302 g/mol. The van der Waals surface area contributed by atoms with Crippen LogP contribution in [0.25, 0.3) is 0 Å². The summed E-state index contributed by atoms with van der Waals surface area (Å²) < 4.78 is 0. The van der Waals surface area contributed by atoms with Gasteiger partial charge in [-0.15, -0.1) is 11.6 Å². The first kappa shape index (κ1) is 15.9. The topological polar surface area (TPSA) is 3.24 Å². The zero-order valence-corrected chi connectivity index (χ0v) is 14.1. The van der Waals surface area contributed by atoms with Gasteiger partial charge in [0.05, 0.1) is 5.38 Å². The number of benzene rings is 2. The van der Waals surface area contributed by atoms with Crippen molar-refractivity contribution >= 4 is 17.3 Å². The maximum Gasteiger partial charge on any atom is 0.0760 e. The molecule has 1 nitrogen and oxygen atoms in total. The van der Waals surface area contributed by atoms with Crippen molar-refractivity contribution in [3.63, 3.8) is 0 Å². The number of halogens is 1. The second kappa shape index (κ2) is 7.00. The predicted molar refractivity (Wildman–Crippen MR) is 93.6 cm³/mol. The molecule has 0 saturated heterocycles. The molecule has 2 rings (SSSR count). The van der Waals surface area contributed by atoms with E-state index in [4.69, 9.17) is 11.6 Å². The summed E-state index contributed by atoms with van der Waals surface area (Å²) in [5.74, 6) is 0. The van der Waals surface area contributed by atoms with Crippen molar-refractivity contribution in [2.24, 2.45) is 0 Å². The summed E-state index contributed by atoms with van der Waals surface area (Å²) >= 11 is 6.65. The first-order valence-electron chi connectivity index (χ1n) is 7.54. The molecule has 1 unspecified atom stereocenters. The second-order valence-electron chi connectivity index (χ2n) is 5.69. The van der Waals surface area contributed by atoms with Crippen LogP contribution in [0.5, 0.6) is 0 Å². The van der Waals surface area contributed by atoms with Gasteiger partial charge in [0.1, 0.15) is 0 Å². The standard InChI is InChI=1S/C19H24ClN/c1-5-21(18-8-6-7-14(2)11-18)13-19(20)17-10-9-15(3)16(4)12-17/h6-12,19H,5,13H2,1-4H3. The Morgan fingerprint density at radius 1 is 1.00 bits per heavy atom. The van der Waals surface area contributed by atoms with Crippen molar-refractivity contribution in [3.8, 4) is 0 Å². The van der Waals surface area contributed by atoms with Gasteiger partial charge in [-0.05, 0) is 62.1 Å². The molecule has 0 saturated carbocycles. The Morgan fingerprint density at radius 3 is 2.38 bits per heavy atom. The van der Waals surface area contributed by atoms with Gasteiger partial charge in [-0.2, -0.15) is 0 Å². The minimum atomic E-state index is 0.00441. The highest BCUT2D eigenvalue weighted by atomic mass is 35.5. The molecule has 0 aliphatic carbocycles. The number of hydrogen-bond acceptors (Lipinski definition) is 1. The normalized spacial score (nSPS) is 12.2. The van der Waals surface area contributed by atoms with Crippen molar-refractivity contribution in [1.29, 1.82) is 0 Å². The quantitative estimate of drug-likeness (QED) is 0.667. The first-order valence-corrected chi connectivity index (χ1v) is 7.97. The van der Waals surface area contributed by atoms with E-state index in [0.29, 0.717) is 0 Å². The Kier molecular flexibility index (Phi) is 5.30. The Morgan fingerprint density at radius 2 is 1.76 bits per heavy atom. The lowest BCUT2D eigenvalue weighted by atomic mass is 10.0. The lowest BCUT2D eigenvalue weighted by Gasteiger charge is -2.26. The monoisotopic (exact) mass is 301 g/mol. The lowest BCUT2D eigenvalue weighted by molar-refractivity contribution is 0.789. The van der Waals surface area contributed by atoms with Crippen LogP contribution in [0.4, 0.5) is 5.69 Å². The molecule has 21 heavy (non-hydrogen) atoms. The number of hydrogen-bond donors (Lipinski definition) is 0. The fraction of sp³-hybridized carbons (Fsp3) is 0.368. The average Bonchev–Trinajstić information content (AvgIpc) is 2.47. The Balaban J connectivity index is 2.16. The summed E-state index contributed by atoms with van der Waals surface area (Å²) in [6.07, 6.45) is 0. The van der Waals surface area contributed by atoms with Gasteiger partial charge in [-0.25, -0.2) is 0 Å².